The van der Waals surface area contributed by atoms with Crippen LogP contribution in [0.3, 0.4) is 0 Å². The van der Waals surface area contributed by atoms with Crippen molar-refractivity contribution < 1.29 is 37.3 Å². The number of halogens is 2. The first-order valence-corrected chi connectivity index (χ1v) is 12.8. The van der Waals surface area contributed by atoms with E-state index in [2.05, 4.69) is 14.8 Å². The van der Waals surface area contributed by atoms with Gasteiger partial charge in [-0.05, 0) is 75.1 Å². The number of fused-ring (bicyclic) bond motifs is 1. The van der Waals surface area contributed by atoms with Gasteiger partial charge >= 0.3 is 6.29 Å². The molecule has 1 saturated carbocycles. The summed E-state index contributed by atoms with van der Waals surface area (Å²) in [5, 5.41) is 2.92. The van der Waals surface area contributed by atoms with E-state index in [0.29, 0.717) is 48.9 Å². The summed E-state index contributed by atoms with van der Waals surface area (Å²) in [7, 11) is 0. The average Bonchev–Trinajstić information content (AvgIpc) is 3.54. The molecule has 6 rings (SSSR count). The second kappa shape index (κ2) is 9.17. The lowest BCUT2D eigenvalue weighted by atomic mass is 9.94. The summed E-state index contributed by atoms with van der Waals surface area (Å²) in [5.41, 5.74) is 2.23. The Morgan fingerprint density at radius 3 is 2.62 bits per heavy atom. The summed E-state index contributed by atoms with van der Waals surface area (Å²) >= 11 is 0. The SMILES string of the molecule is Cc1ccc(NC(=O)C2(c3ccc4c(c3)OC(F)(F)O4)CC2)nc1-c1cccc(OCC2COC(C)(C)O2)c1. The van der Waals surface area contributed by atoms with Gasteiger partial charge < -0.3 is 29.0 Å². The van der Waals surface area contributed by atoms with Gasteiger partial charge in [0.2, 0.25) is 5.91 Å². The number of nitrogens with one attached hydrogen (secondary N) is 1. The van der Waals surface area contributed by atoms with E-state index in [1.165, 1.54) is 12.1 Å². The van der Waals surface area contributed by atoms with Crippen LogP contribution >= 0.6 is 0 Å². The van der Waals surface area contributed by atoms with Crippen molar-refractivity contribution in [2.75, 3.05) is 18.5 Å². The van der Waals surface area contributed by atoms with Crippen LogP contribution in [0.1, 0.15) is 37.8 Å². The molecular weight excluding hydrogens is 510 g/mol. The lowest BCUT2D eigenvalue weighted by Crippen LogP contribution is -2.28. The van der Waals surface area contributed by atoms with E-state index in [1.807, 2.05) is 51.1 Å². The van der Waals surface area contributed by atoms with Gasteiger partial charge in [0.15, 0.2) is 17.3 Å². The fourth-order valence-corrected chi connectivity index (χ4v) is 4.91. The number of nitrogens with zero attached hydrogens (tertiary/aromatic N) is 1. The predicted octanol–water partition coefficient (Wildman–Crippen LogP) is 5.58. The maximum absolute atomic E-state index is 13.5. The van der Waals surface area contributed by atoms with Crippen LogP contribution in [-0.2, 0) is 19.7 Å². The van der Waals surface area contributed by atoms with E-state index >= 15 is 0 Å². The molecule has 2 aliphatic heterocycles. The van der Waals surface area contributed by atoms with Gasteiger partial charge in [-0.1, -0.05) is 24.3 Å². The molecule has 1 unspecified atom stereocenters. The Morgan fingerprint density at radius 1 is 1.08 bits per heavy atom. The molecule has 204 valence electrons. The number of rotatable bonds is 7. The van der Waals surface area contributed by atoms with E-state index < -0.39 is 17.5 Å². The van der Waals surface area contributed by atoms with E-state index in [0.717, 1.165) is 11.1 Å². The lowest BCUT2D eigenvalue weighted by Gasteiger charge is -2.18. The zero-order valence-corrected chi connectivity index (χ0v) is 21.8. The molecule has 39 heavy (non-hydrogen) atoms. The molecule has 1 atom stereocenters. The van der Waals surface area contributed by atoms with Gasteiger partial charge in [-0.2, -0.15) is 0 Å². The van der Waals surface area contributed by atoms with Gasteiger partial charge in [-0.15, -0.1) is 8.78 Å². The van der Waals surface area contributed by atoms with Crippen LogP contribution in [0, 0.1) is 6.92 Å². The molecule has 3 heterocycles. The Hall–Kier alpha value is -3.76. The first-order chi connectivity index (χ1) is 18.5. The number of benzene rings is 2. The van der Waals surface area contributed by atoms with Crippen molar-refractivity contribution in [2.45, 2.75) is 57.2 Å². The van der Waals surface area contributed by atoms with E-state index in [1.54, 1.807) is 12.1 Å². The molecule has 1 aliphatic carbocycles. The van der Waals surface area contributed by atoms with Crippen LogP contribution in [0.4, 0.5) is 14.6 Å². The summed E-state index contributed by atoms with van der Waals surface area (Å²) in [6, 6.07) is 15.7. The normalized spacial score (nSPS) is 21.4. The van der Waals surface area contributed by atoms with Crippen LogP contribution in [0.15, 0.2) is 54.6 Å². The van der Waals surface area contributed by atoms with Crippen LogP contribution in [0.25, 0.3) is 11.3 Å². The number of aryl methyl sites for hydroxylation is 1. The van der Waals surface area contributed by atoms with Crippen LogP contribution < -0.4 is 19.5 Å². The number of anilines is 1. The van der Waals surface area contributed by atoms with Crippen molar-refractivity contribution >= 4 is 11.7 Å². The van der Waals surface area contributed by atoms with Crippen LogP contribution in [0.5, 0.6) is 17.2 Å². The minimum Gasteiger partial charge on any atom is -0.491 e. The molecule has 1 amide bonds. The third kappa shape index (κ3) is 5.14. The summed E-state index contributed by atoms with van der Waals surface area (Å²) in [5.74, 6) is 0.0624. The molecule has 3 aliphatic rings. The standard InChI is InChI=1S/C29H28F2N2O6/c1-17-7-10-24(32-25(17)18-5-4-6-20(13-18)35-15-21-16-36-27(2,3)37-21)33-26(34)28(11-12-28)19-8-9-22-23(14-19)39-29(30,31)38-22/h4-10,13-14,21H,11-12,15-16H2,1-3H3,(H,32,33,34). The van der Waals surface area contributed by atoms with Crippen molar-refractivity contribution in [3.63, 3.8) is 0 Å². The molecular formula is C29H28F2N2O6. The van der Waals surface area contributed by atoms with Gasteiger partial charge in [0.25, 0.3) is 0 Å². The molecule has 1 N–H and O–H groups in total. The quantitative estimate of drug-likeness (QED) is 0.420. The topological polar surface area (TPSA) is 88.1 Å². The summed E-state index contributed by atoms with van der Waals surface area (Å²) in [4.78, 5) is 18.1. The largest absolute Gasteiger partial charge is 0.586 e. The fraction of sp³-hybridized carbons (Fsp3) is 0.379. The van der Waals surface area contributed by atoms with Crippen molar-refractivity contribution in [2.24, 2.45) is 0 Å². The highest BCUT2D eigenvalue weighted by Crippen LogP contribution is 2.52. The van der Waals surface area contributed by atoms with Gasteiger partial charge in [-0.3, -0.25) is 4.79 Å². The molecule has 8 nitrogen and oxygen atoms in total. The summed E-state index contributed by atoms with van der Waals surface area (Å²) in [6.07, 6.45) is -2.70. The zero-order chi connectivity index (χ0) is 27.4. The number of hydrogen-bond donors (Lipinski definition) is 1. The highest BCUT2D eigenvalue weighted by Gasteiger charge is 2.53. The molecule has 0 bridgehead atoms. The van der Waals surface area contributed by atoms with Crippen molar-refractivity contribution in [3.8, 4) is 28.5 Å². The zero-order valence-electron chi connectivity index (χ0n) is 21.8. The van der Waals surface area contributed by atoms with Crippen molar-refractivity contribution in [3.05, 3.63) is 65.7 Å². The van der Waals surface area contributed by atoms with Gasteiger partial charge in [-0.25, -0.2) is 4.98 Å². The van der Waals surface area contributed by atoms with Gasteiger partial charge in [0, 0.05) is 5.56 Å². The van der Waals surface area contributed by atoms with Crippen molar-refractivity contribution in [1.82, 2.24) is 4.98 Å². The molecule has 0 spiro atoms. The predicted molar refractivity (Wildman–Crippen MR) is 137 cm³/mol. The lowest BCUT2D eigenvalue weighted by molar-refractivity contribution is -0.286. The Labute approximate surface area is 224 Å². The molecule has 10 heteroatoms. The summed E-state index contributed by atoms with van der Waals surface area (Å²) in [6.45, 7) is 6.51. The first-order valence-electron chi connectivity index (χ1n) is 12.8. The van der Waals surface area contributed by atoms with Crippen LogP contribution in [0.2, 0.25) is 0 Å². The van der Waals surface area contributed by atoms with E-state index in [9.17, 15) is 13.6 Å². The average molecular weight is 539 g/mol. The number of alkyl halides is 2. The number of carbonyl (C=O) groups excluding carboxylic acids is 1. The number of hydrogen-bond acceptors (Lipinski definition) is 7. The summed E-state index contributed by atoms with van der Waals surface area (Å²) < 4.78 is 53.3. The number of carbonyl (C=O) groups is 1. The smallest absolute Gasteiger partial charge is 0.491 e. The highest BCUT2D eigenvalue weighted by molar-refractivity contribution is 6.01. The number of aromatic nitrogens is 1. The maximum Gasteiger partial charge on any atom is 0.586 e. The number of ether oxygens (including phenoxy) is 5. The third-order valence-corrected chi connectivity index (χ3v) is 7.09. The third-order valence-electron chi connectivity index (χ3n) is 7.09. The van der Waals surface area contributed by atoms with E-state index in [4.69, 9.17) is 19.2 Å². The van der Waals surface area contributed by atoms with Crippen LogP contribution in [-0.4, -0.2) is 42.3 Å². The Bertz CT molecular complexity index is 1440. The second-order valence-electron chi connectivity index (χ2n) is 10.5. The molecule has 2 fully saturated rings. The molecule has 1 aromatic heterocycles. The fourth-order valence-electron chi connectivity index (χ4n) is 4.91. The second-order valence-corrected chi connectivity index (χ2v) is 10.5. The van der Waals surface area contributed by atoms with Gasteiger partial charge in [0.1, 0.15) is 24.3 Å². The molecule has 0 radical (unpaired) electrons. The number of amides is 1. The minimum atomic E-state index is -3.71. The van der Waals surface area contributed by atoms with Crippen molar-refractivity contribution in [1.29, 1.82) is 0 Å². The highest BCUT2D eigenvalue weighted by atomic mass is 19.3. The van der Waals surface area contributed by atoms with E-state index in [-0.39, 0.29) is 23.5 Å². The Morgan fingerprint density at radius 2 is 1.87 bits per heavy atom. The molecule has 1 saturated heterocycles. The number of pyridine rings is 1. The monoisotopic (exact) mass is 538 g/mol. The first kappa shape index (κ1) is 25.5. The minimum absolute atomic E-state index is 0.0519. The molecule has 3 aromatic rings. The maximum atomic E-state index is 13.5. The van der Waals surface area contributed by atoms with Gasteiger partial charge in [0.05, 0.1) is 17.7 Å². The molecule has 2 aromatic carbocycles. The Balaban J connectivity index is 1.17. The Kier molecular flexibility index (Phi) is 6.00.